The third-order valence-electron chi connectivity index (χ3n) is 4.30. The van der Waals surface area contributed by atoms with Gasteiger partial charge in [-0.3, -0.25) is 0 Å². The third kappa shape index (κ3) is 4.26. The zero-order valence-corrected chi connectivity index (χ0v) is 16.0. The molecule has 4 aromatic rings. The fourth-order valence-corrected chi connectivity index (χ4v) is 2.87. The zero-order chi connectivity index (χ0) is 23.1. The van der Waals surface area contributed by atoms with E-state index >= 15 is 0 Å². The summed E-state index contributed by atoms with van der Waals surface area (Å²) in [6.45, 7) is 1.62. The average Bonchev–Trinajstić information content (AvgIpc) is 2.72. The van der Waals surface area contributed by atoms with Gasteiger partial charge in [0.2, 0.25) is 5.95 Å². The smallest absolute Gasteiger partial charge is 0.323 e. The van der Waals surface area contributed by atoms with Gasteiger partial charge in [0.1, 0.15) is 5.69 Å². The molecule has 0 saturated heterocycles. The van der Waals surface area contributed by atoms with Gasteiger partial charge in [0.05, 0.1) is 28.7 Å². The minimum Gasteiger partial charge on any atom is -0.323 e. The number of pyridine rings is 2. The molecule has 0 radical (unpaired) electrons. The lowest BCUT2D eigenvalue weighted by Crippen LogP contribution is -2.10. The van der Waals surface area contributed by atoms with Crippen molar-refractivity contribution in [1.82, 2.24) is 30.1 Å². The number of aromatic nitrogens is 6. The molecule has 0 aromatic carbocycles. The minimum absolute atomic E-state index is 0.0900. The Morgan fingerprint density at radius 3 is 2.25 bits per heavy atom. The van der Waals surface area contributed by atoms with Crippen LogP contribution in [0, 0.1) is 6.92 Å². The molecule has 4 rings (SSSR count). The Morgan fingerprint density at radius 2 is 1.59 bits per heavy atom. The highest BCUT2D eigenvalue weighted by Gasteiger charge is 2.35. The van der Waals surface area contributed by atoms with Gasteiger partial charge in [-0.15, -0.1) is 5.10 Å². The Labute approximate surface area is 175 Å². The molecule has 7 nitrogen and oxygen atoms in total. The summed E-state index contributed by atoms with van der Waals surface area (Å²) in [6, 6.07) is 5.16. The van der Waals surface area contributed by atoms with Gasteiger partial charge in [0.15, 0.2) is 5.65 Å². The van der Waals surface area contributed by atoms with Crippen LogP contribution in [0.25, 0.3) is 22.4 Å². The number of alkyl halides is 6. The third-order valence-corrected chi connectivity index (χ3v) is 4.30. The molecule has 4 heterocycles. The lowest BCUT2D eigenvalue weighted by molar-refractivity contribution is -0.138. The van der Waals surface area contributed by atoms with Gasteiger partial charge in [-0.05, 0) is 31.2 Å². The van der Waals surface area contributed by atoms with Crippen LogP contribution < -0.4 is 5.32 Å². The zero-order valence-electron chi connectivity index (χ0n) is 16.0. The van der Waals surface area contributed by atoms with Crippen LogP contribution in [0.2, 0.25) is 0 Å². The van der Waals surface area contributed by atoms with Gasteiger partial charge in [-0.25, -0.2) is 19.9 Å². The highest BCUT2D eigenvalue weighted by Crippen LogP contribution is 2.36. The molecular weight excluding hydrogens is 440 g/mol. The summed E-state index contributed by atoms with van der Waals surface area (Å²) in [4.78, 5) is 15.7. The summed E-state index contributed by atoms with van der Waals surface area (Å²) in [5.41, 5.74) is -1.64. The van der Waals surface area contributed by atoms with E-state index in [1.807, 2.05) is 0 Å². The van der Waals surface area contributed by atoms with E-state index in [4.69, 9.17) is 0 Å². The van der Waals surface area contributed by atoms with E-state index in [-0.39, 0.29) is 17.3 Å². The first-order valence-electron chi connectivity index (χ1n) is 8.86. The van der Waals surface area contributed by atoms with Crippen LogP contribution in [0.4, 0.5) is 38.0 Å². The summed E-state index contributed by atoms with van der Waals surface area (Å²) in [6.07, 6.45) is -7.03. The quantitative estimate of drug-likeness (QED) is 0.440. The largest absolute Gasteiger partial charge is 0.419 e. The Morgan fingerprint density at radius 1 is 0.875 bits per heavy atom. The van der Waals surface area contributed by atoms with E-state index < -0.39 is 29.2 Å². The van der Waals surface area contributed by atoms with Gasteiger partial charge in [-0.2, -0.15) is 31.4 Å². The molecule has 0 aliphatic heterocycles. The van der Waals surface area contributed by atoms with Gasteiger partial charge in [0, 0.05) is 23.5 Å². The Kier molecular flexibility index (Phi) is 5.11. The van der Waals surface area contributed by atoms with Crippen molar-refractivity contribution in [2.45, 2.75) is 19.3 Å². The van der Waals surface area contributed by atoms with Crippen molar-refractivity contribution in [1.29, 1.82) is 0 Å². The second kappa shape index (κ2) is 7.66. The molecule has 0 bridgehead atoms. The molecule has 1 N–H and O–H groups in total. The molecule has 4 aromatic heterocycles. The number of aryl methyl sites for hydroxylation is 1. The highest BCUT2D eigenvalue weighted by molar-refractivity contribution is 5.91. The van der Waals surface area contributed by atoms with Gasteiger partial charge >= 0.3 is 12.4 Å². The SMILES string of the molecule is Cc1cc(Nc2ncc(C(F)(F)F)cn2)c2ccc(-c3nnccc3C(F)(F)F)nc2n1. The maximum atomic E-state index is 13.3. The molecule has 0 unspecified atom stereocenters. The highest BCUT2D eigenvalue weighted by atomic mass is 19.4. The van der Waals surface area contributed by atoms with Crippen molar-refractivity contribution in [2.24, 2.45) is 0 Å². The van der Waals surface area contributed by atoms with Crippen molar-refractivity contribution < 1.29 is 26.3 Å². The standard InChI is InChI=1S/C19H11F6N7/c1-9-6-14(31-17-26-7-10(8-27-17)18(20,21)22)11-2-3-13(30-16(11)29-9)15-12(19(23,24)25)4-5-28-32-15/h2-8H,1H3,(H,26,27,29,30,31). The average molecular weight is 451 g/mol. The van der Waals surface area contributed by atoms with E-state index in [9.17, 15) is 26.3 Å². The van der Waals surface area contributed by atoms with Crippen LogP contribution >= 0.6 is 0 Å². The number of rotatable bonds is 3. The minimum atomic E-state index is -4.66. The van der Waals surface area contributed by atoms with Gasteiger partial charge < -0.3 is 5.32 Å². The number of halogens is 6. The summed E-state index contributed by atoms with van der Waals surface area (Å²) < 4.78 is 78.0. The predicted octanol–water partition coefficient (Wildman–Crippen LogP) is 4.97. The Bertz CT molecular complexity index is 1290. The summed E-state index contributed by atoms with van der Waals surface area (Å²) in [5, 5.41) is 10.3. The number of hydrogen-bond acceptors (Lipinski definition) is 7. The van der Waals surface area contributed by atoms with E-state index in [0.717, 1.165) is 12.3 Å². The molecule has 164 valence electrons. The number of nitrogens with one attached hydrogen (secondary N) is 1. The lowest BCUT2D eigenvalue weighted by atomic mass is 10.1. The Hall–Kier alpha value is -3.90. The van der Waals surface area contributed by atoms with E-state index in [1.165, 1.54) is 12.1 Å². The molecule has 0 aliphatic carbocycles. The van der Waals surface area contributed by atoms with Crippen LogP contribution in [0.1, 0.15) is 16.8 Å². The van der Waals surface area contributed by atoms with Gasteiger partial charge in [-0.1, -0.05) is 0 Å². The molecule has 13 heteroatoms. The van der Waals surface area contributed by atoms with Gasteiger partial charge in [0.25, 0.3) is 0 Å². The molecule has 0 saturated carbocycles. The summed E-state index contributed by atoms with van der Waals surface area (Å²) in [7, 11) is 0. The molecule has 0 spiro atoms. The van der Waals surface area contributed by atoms with Crippen molar-refractivity contribution in [3.8, 4) is 11.4 Å². The maximum Gasteiger partial charge on any atom is 0.419 e. The van der Waals surface area contributed by atoms with E-state index in [1.54, 1.807) is 13.0 Å². The second-order valence-electron chi connectivity index (χ2n) is 6.59. The predicted molar refractivity (Wildman–Crippen MR) is 101 cm³/mol. The first kappa shape index (κ1) is 21.3. The maximum absolute atomic E-state index is 13.3. The molecule has 0 aliphatic rings. The van der Waals surface area contributed by atoms with E-state index in [0.29, 0.717) is 29.2 Å². The van der Waals surface area contributed by atoms with E-state index in [2.05, 4.69) is 35.5 Å². The molecule has 32 heavy (non-hydrogen) atoms. The second-order valence-corrected chi connectivity index (χ2v) is 6.59. The van der Waals surface area contributed by atoms with Crippen LogP contribution in [0.15, 0.2) is 42.9 Å². The fraction of sp³-hybridized carbons (Fsp3) is 0.158. The molecule has 0 atom stereocenters. The summed E-state index contributed by atoms with van der Waals surface area (Å²) in [5.74, 6) is -0.109. The normalized spacial score (nSPS) is 12.2. The number of anilines is 2. The van der Waals surface area contributed by atoms with Crippen LogP contribution in [-0.2, 0) is 12.4 Å². The molecule has 0 amide bonds. The lowest BCUT2D eigenvalue weighted by Gasteiger charge is -2.13. The van der Waals surface area contributed by atoms with Crippen LogP contribution in [0.5, 0.6) is 0 Å². The topological polar surface area (TPSA) is 89.4 Å². The monoisotopic (exact) mass is 451 g/mol. The van der Waals surface area contributed by atoms with Crippen molar-refractivity contribution in [2.75, 3.05) is 5.32 Å². The fourth-order valence-electron chi connectivity index (χ4n) is 2.87. The number of hydrogen-bond donors (Lipinski definition) is 1. The summed E-state index contributed by atoms with van der Waals surface area (Å²) >= 11 is 0. The number of fused-ring (bicyclic) bond motifs is 1. The van der Waals surface area contributed by atoms with Crippen molar-refractivity contribution in [3.05, 3.63) is 59.7 Å². The van der Waals surface area contributed by atoms with Crippen LogP contribution in [-0.4, -0.2) is 30.1 Å². The van der Waals surface area contributed by atoms with Crippen molar-refractivity contribution in [3.63, 3.8) is 0 Å². The Balaban J connectivity index is 1.75. The van der Waals surface area contributed by atoms with Crippen LogP contribution in [0.3, 0.4) is 0 Å². The molecular formula is C19H11F6N7. The first-order valence-corrected chi connectivity index (χ1v) is 8.86. The number of nitrogens with zero attached hydrogens (tertiary/aromatic N) is 6. The first-order chi connectivity index (χ1) is 15.0. The molecule has 0 fully saturated rings. The van der Waals surface area contributed by atoms with Crippen molar-refractivity contribution >= 4 is 22.7 Å².